The van der Waals surface area contributed by atoms with Crippen LogP contribution in [0.15, 0.2) is 12.1 Å². The lowest BCUT2D eigenvalue weighted by Crippen LogP contribution is -2.46. The number of fused-ring (bicyclic) bond motifs is 2. The van der Waals surface area contributed by atoms with Gasteiger partial charge in [-0.15, -0.1) is 0 Å². The van der Waals surface area contributed by atoms with Gasteiger partial charge in [0.15, 0.2) is 6.79 Å². The van der Waals surface area contributed by atoms with Crippen molar-refractivity contribution in [3.63, 3.8) is 0 Å². The minimum atomic E-state index is -0.181. The largest absolute Gasteiger partial charge is 0.467 e. The van der Waals surface area contributed by atoms with Gasteiger partial charge in [-0.3, -0.25) is 4.90 Å². The van der Waals surface area contributed by atoms with Crippen molar-refractivity contribution in [3.8, 4) is 5.75 Å². The third kappa shape index (κ3) is 2.74. The Hall–Kier alpha value is -1.13. The molecule has 1 saturated heterocycles. The van der Waals surface area contributed by atoms with Gasteiger partial charge >= 0.3 is 0 Å². The molecule has 1 aromatic rings. The Labute approximate surface area is 131 Å². The molecule has 2 fully saturated rings. The third-order valence-electron chi connectivity index (χ3n) is 5.48. The van der Waals surface area contributed by atoms with E-state index in [0.29, 0.717) is 12.6 Å². The zero-order valence-corrected chi connectivity index (χ0v) is 13.0. The standard InChI is InChI=1S/C18H24FNO2/c19-16-8-14(18-15(9-16)11-21-12-22-18)10-20-7-3-5-13-4-1-2-6-17(13)20/h8-9,13,17H,1-7,10-12H2/t13-,17+/m0/s1. The van der Waals surface area contributed by atoms with Gasteiger partial charge in [-0.05, 0) is 50.3 Å². The van der Waals surface area contributed by atoms with E-state index in [9.17, 15) is 4.39 Å². The molecule has 0 aromatic heterocycles. The lowest BCUT2D eigenvalue weighted by atomic mass is 9.78. The van der Waals surface area contributed by atoms with Crippen LogP contribution in [-0.4, -0.2) is 24.3 Å². The molecule has 4 rings (SSSR count). The van der Waals surface area contributed by atoms with Gasteiger partial charge in [0.25, 0.3) is 0 Å². The highest BCUT2D eigenvalue weighted by molar-refractivity contribution is 5.42. The molecule has 120 valence electrons. The first kappa shape index (κ1) is 14.5. The van der Waals surface area contributed by atoms with Crippen LogP contribution in [0.25, 0.3) is 0 Å². The number of piperidine rings is 1. The van der Waals surface area contributed by atoms with Gasteiger partial charge < -0.3 is 9.47 Å². The summed E-state index contributed by atoms with van der Waals surface area (Å²) in [5, 5.41) is 0. The summed E-state index contributed by atoms with van der Waals surface area (Å²) in [6, 6.07) is 3.87. The number of ether oxygens (including phenoxy) is 2. The van der Waals surface area contributed by atoms with E-state index >= 15 is 0 Å². The molecule has 0 radical (unpaired) electrons. The fourth-order valence-corrected chi connectivity index (χ4v) is 4.52. The second-order valence-electron chi connectivity index (χ2n) is 6.89. The Morgan fingerprint density at radius 1 is 1.14 bits per heavy atom. The zero-order chi connectivity index (χ0) is 14.9. The molecule has 0 bridgehead atoms. The lowest BCUT2D eigenvalue weighted by Gasteiger charge is -2.44. The predicted octanol–water partition coefficient (Wildman–Crippen LogP) is 3.85. The monoisotopic (exact) mass is 305 g/mol. The van der Waals surface area contributed by atoms with Crippen molar-refractivity contribution in [1.29, 1.82) is 0 Å². The van der Waals surface area contributed by atoms with Gasteiger partial charge in [-0.2, -0.15) is 0 Å². The van der Waals surface area contributed by atoms with E-state index in [1.165, 1.54) is 44.6 Å². The number of nitrogens with zero attached hydrogens (tertiary/aromatic N) is 1. The molecule has 0 spiro atoms. The van der Waals surface area contributed by atoms with Crippen LogP contribution < -0.4 is 4.74 Å². The second kappa shape index (κ2) is 6.17. The molecular weight excluding hydrogens is 281 g/mol. The van der Waals surface area contributed by atoms with E-state index in [0.717, 1.165) is 35.9 Å². The Balaban J connectivity index is 1.58. The van der Waals surface area contributed by atoms with E-state index < -0.39 is 0 Å². The lowest BCUT2D eigenvalue weighted by molar-refractivity contribution is -0.0185. The Morgan fingerprint density at radius 3 is 2.95 bits per heavy atom. The molecular formula is C18H24FNO2. The van der Waals surface area contributed by atoms with Crippen molar-refractivity contribution in [3.05, 3.63) is 29.1 Å². The topological polar surface area (TPSA) is 21.7 Å². The number of hydrogen-bond acceptors (Lipinski definition) is 3. The Morgan fingerprint density at radius 2 is 2.00 bits per heavy atom. The maximum absolute atomic E-state index is 13.9. The summed E-state index contributed by atoms with van der Waals surface area (Å²) in [5.41, 5.74) is 1.84. The fraction of sp³-hybridized carbons (Fsp3) is 0.667. The first-order valence-corrected chi connectivity index (χ1v) is 8.57. The van der Waals surface area contributed by atoms with E-state index in [1.807, 2.05) is 0 Å². The molecule has 0 N–H and O–H groups in total. The second-order valence-corrected chi connectivity index (χ2v) is 6.89. The average Bonchev–Trinajstić information content (AvgIpc) is 2.55. The van der Waals surface area contributed by atoms with Crippen LogP contribution in [0.4, 0.5) is 4.39 Å². The maximum atomic E-state index is 13.9. The zero-order valence-electron chi connectivity index (χ0n) is 13.0. The van der Waals surface area contributed by atoms with E-state index in [1.54, 1.807) is 6.07 Å². The molecule has 22 heavy (non-hydrogen) atoms. The van der Waals surface area contributed by atoms with Gasteiger partial charge in [0.2, 0.25) is 0 Å². The summed E-state index contributed by atoms with van der Waals surface area (Å²) in [4.78, 5) is 2.57. The summed E-state index contributed by atoms with van der Waals surface area (Å²) < 4.78 is 24.9. The molecule has 2 atom stereocenters. The summed E-state index contributed by atoms with van der Waals surface area (Å²) in [6.07, 6.45) is 8.02. The summed E-state index contributed by atoms with van der Waals surface area (Å²) in [7, 11) is 0. The molecule has 2 aliphatic heterocycles. The number of rotatable bonds is 2. The van der Waals surface area contributed by atoms with Gasteiger partial charge in [-0.25, -0.2) is 4.39 Å². The summed E-state index contributed by atoms with van der Waals surface area (Å²) in [5.74, 6) is 1.52. The maximum Gasteiger partial charge on any atom is 0.189 e. The van der Waals surface area contributed by atoms with Crippen molar-refractivity contribution >= 4 is 0 Å². The molecule has 4 heteroatoms. The molecule has 1 saturated carbocycles. The van der Waals surface area contributed by atoms with Crippen molar-refractivity contribution < 1.29 is 13.9 Å². The minimum absolute atomic E-state index is 0.181. The minimum Gasteiger partial charge on any atom is -0.467 e. The number of halogens is 1. The van der Waals surface area contributed by atoms with E-state index in [4.69, 9.17) is 9.47 Å². The van der Waals surface area contributed by atoms with Gasteiger partial charge in [-0.1, -0.05) is 12.8 Å². The quantitative estimate of drug-likeness (QED) is 0.828. The van der Waals surface area contributed by atoms with E-state index in [-0.39, 0.29) is 12.6 Å². The first-order valence-electron chi connectivity index (χ1n) is 8.57. The van der Waals surface area contributed by atoms with Crippen LogP contribution in [-0.2, 0) is 17.9 Å². The van der Waals surface area contributed by atoms with Gasteiger partial charge in [0.1, 0.15) is 11.6 Å². The Bertz CT molecular complexity index is 546. The van der Waals surface area contributed by atoms with Crippen molar-refractivity contribution in [2.45, 2.75) is 57.7 Å². The molecule has 0 amide bonds. The third-order valence-corrected chi connectivity index (χ3v) is 5.48. The highest BCUT2D eigenvalue weighted by Crippen LogP contribution is 2.38. The normalized spacial score (nSPS) is 28.6. The van der Waals surface area contributed by atoms with Crippen LogP contribution in [0.5, 0.6) is 5.75 Å². The molecule has 3 nitrogen and oxygen atoms in total. The Kier molecular flexibility index (Phi) is 4.05. The number of likely N-dealkylation sites (tertiary alicyclic amines) is 1. The highest BCUT2D eigenvalue weighted by Gasteiger charge is 2.33. The summed E-state index contributed by atoms with van der Waals surface area (Å²) >= 11 is 0. The van der Waals surface area contributed by atoms with Crippen LogP contribution in [0, 0.1) is 11.7 Å². The van der Waals surface area contributed by atoms with Gasteiger partial charge in [0, 0.05) is 23.7 Å². The van der Waals surface area contributed by atoms with Crippen molar-refractivity contribution in [2.75, 3.05) is 13.3 Å². The molecule has 0 unspecified atom stereocenters. The number of benzene rings is 1. The first-order chi connectivity index (χ1) is 10.8. The van der Waals surface area contributed by atoms with Crippen molar-refractivity contribution in [2.24, 2.45) is 5.92 Å². The van der Waals surface area contributed by atoms with E-state index in [2.05, 4.69) is 4.90 Å². The SMILES string of the molecule is Fc1cc2c(c(CN3CCC[C@@H]4CCCC[C@H]43)c1)OCOC2. The van der Waals surface area contributed by atoms with Crippen LogP contribution in [0.3, 0.4) is 0 Å². The summed E-state index contributed by atoms with van der Waals surface area (Å²) in [6.45, 7) is 2.66. The smallest absolute Gasteiger partial charge is 0.189 e. The predicted molar refractivity (Wildman–Crippen MR) is 82.1 cm³/mol. The highest BCUT2D eigenvalue weighted by atomic mass is 19.1. The molecule has 3 aliphatic rings. The molecule has 2 heterocycles. The van der Waals surface area contributed by atoms with Crippen LogP contribution in [0.2, 0.25) is 0 Å². The fourth-order valence-electron chi connectivity index (χ4n) is 4.52. The van der Waals surface area contributed by atoms with Crippen LogP contribution in [0.1, 0.15) is 49.7 Å². The molecule has 1 aromatic carbocycles. The van der Waals surface area contributed by atoms with Crippen LogP contribution >= 0.6 is 0 Å². The average molecular weight is 305 g/mol. The molecule has 1 aliphatic carbocycles. The van der Waals surface area contributed by atoms with Crippen molar-refractivity contribution in [1.82, 2.24) is 4.90 Å². The van der Waals surface area contributed by atoms with Gasteiger partial charge in [0.05, 0.1) is 6.61 Å². The number of hydrogen-bond donors (Lipinski definition) is 0.